The van der Waals surface area contributed by atoms with E-state index in [0.717, 1.165) is 17.9 Å². The van der Waals surface area contributed by atoms with Gasteiger partial charge in [0.2, 0.25) is 0 Å². The summed E-state index contributed by atoms with van der Waals surface area (Å²) in [4.78, 5) is 11.9. The average molecular weight is 268 g/mol. The standard InChI is InChI=1S/C13H17FN2OS/c1-8-4-10(15)5-11(12(8)14)13(17)16-6-9-2-3-18-7-9/h4-5,9H,2-3,6-7,15H2,1H3,(H,16,17). The number of nitrogen functional groups attached to an aromatic ring is 1. The number of aryl methyl sites for hydroxylation is 1. The zero-order valence-corrected chi connectivity index (χ0v) is 11.1. The molecule has 0 spiro atoms. The Hall–Kier alpha value is -1.23. The van der Waals surface area contributed by atoms with Gasteiger partial charge in [0.15, 0.2) is 0 Å². The number of benzene rings is 1. The van der Waals surface area contributed by atoms with Crippen molar-refractivity contribution in [2.75, 3.05) is 23.8 Å². The van der Waals surface area contributed by atoms with E-state index in [1.165, 1.54) is 12.1 Å². The maximum atomic E-state index is 13.8. The summed E-state index contributed by atoms with van der Waals surface area (Å²) in [6.45, 7) is 2.22. The molecule has 1 aromatic carbocycles. The Bertz CT molecular complexity index is 459. The van der Waals surface area contributed by atoms with E-state index in [1.54, 1.807) is 6.92 Å². The first-order chi connectivity index (χ1) is 8.58. The molecule has 0 aliphatic carbocycles. The van der Waals surface area contributed by atoms with E-state index < -0.39 is 5.82 Å². The molecule has 1 heterocycles. The van der Waals surface area contributed by atoms with Crippen LogP contribution in [0.3, 0.4) is 0 Å². The molecule has 18 heavy (non-hydrogen) atoms. The molecule has 0 saturated carbocycles. The van der Waals surface area contributed by atoms with Gasteiger partial charge < -0.3 is 11.1 Å². The van der Waals surface area contributed by atoms with Gasteiger partial charge >= 0.3 is 0 Å². The summed E-state index contributed by atoms with van der Waals surface area (Å²) in [5.41, 5.74) is 6.49. The lowest BCUT2D eigenvalue weighted by Gasteiger charge is -2.11. The summed E-state index contributed by atoms with van der Waals surface area (Å²) in [5.74, 6) is 1.86. The number of carbonyl (C=O) groups excluding carboxylic acids is 1. The number of hydrogen-bond donors (Lipinski definition) is 2. The van der Waals surface area contributed by atoms with Gasteiger partial charge in [-0.25, -0.2) is 4.39 Å². The molecule has 3 N–H and O–H groups in total. The van der Waals surface area contributed by atoms with Crippen LogP contribution in [-0.4, -0.2) is 24.0 Å². The molecule has 2 rings (SSSR count). The second kappa shape index (κ2) is 5.61. The lowest BCUT2D eigenvalue weighted by molar-refractivity contribution is 0.0944. The van der Waals surface area contributed by atoms with Crippen LogP contribution in [0.25, 0.3) is 0 Å². The van der Waals surface area contributed by atoms with Gasteiger partial charge in [0.05, 0.1) is 5.56 Å². The van der Waals surface area contributed by atoms with Gasteiger partial charge in [-0.2, -0.15) is 11.8 Å². The van der Waals surface area contributed by atoms with Crippen LogP contribution in [0.4, 0.5) is 10.1 Å². The third-order valence-electron chi connectivity index (χ3n) is 3.10. The van der Waals surface area contributed by atoms with E-state index in [1.807, 2.05) is 11.8 Å². The van der Waals surface area contributed by atoms with Gasteiger partial charge in [-0.3, -0.25) is 4.79 Å². The van der Waals surface area contributed by atoms with Crippen LogP contribution in [-0.2, 0) is 0 Å². The van der Waals surface area contributed by atoms with Gasteiger partial charge in [-0.15, -0.1) is 0 Å². The number of nitrogens with one attached hydrogen (secondary N) is 1. The molecule has 1 amide bonds. The predicted octanol–water partition coefficient (Wildman–Crippen LogP) is 2.20. The zero-order chi connectivity index (χ0) is 13.1. The molecule has 0 aromatic heterocycles. The van der Waals surface area contributed by atoms with Crippen molar-refractivity contribution in [2.45, 2.75) is 13.3 Å². The molecule has 0 bridgehead atoms. The minimum Gasteiger partial charge on any atom is -0.399 e. The first-order valence-corrected chi connectivity index (χ1v) is 7.15. The first kappa shape index (κ1) is 13.2. The predicted molar refractivity (Wildman–Crippen MR) is 73.3 cm³/mol. The van der Waals surface area contributed by atoms with Crippen molar-refractivity contribution in [1.82, 2.24) is 5.32 Å². The van der Waals surface area contributed by atoms with E-state index in [9.17, 15) is 9.18 Å². The maximum Gasteiger partial charge on any atom is 0.254 e. The van der Waals surface area contributed by atoms with Crippen molar-refractivity contribution in [2.24, 2.45) is 5.92 Å². The molecular formula is C13H17FN2OS. The second-order valence-electron chi connectivity index (χ2n) is 4.64. The molecule has 1 aromatic rings. The van der Waals surface area contributed by atoms with Gasteiger partial charge in [-0.1, -0.05) is 0 Å². The fourth-order valence-corrected chi connectivity index (χ4v) is 3.32. The summed E-state index contributed by atoms with van der Waals surface area (Å²) in [7, 11) is 0. The highest BCUT2D eigenvalue weighted by Crippen LogP contribution is 2.23. The SMILES string of the molecule is Cc1cc(N)cc(C(=O)NCC2CCSC2)c1F. The molecule has 98 valence electrons. The largest absolute Gasteiger partial charge is 0.399 e. The normalized spacial score (nSPS) is 18.9. The molecule has 1 fully saturated rings. The molecule has 1 unspecified atom stereocenters. The van der Waals surface area contributed by atoms with Crippen LogP contribution in [0.15, 0.2) is 12.1 Å². The minimum atomic E-state index is -0.484. The number of rotatable bonds is 3. The maximum absolute atomic E-state index is 13.8. The Labute approximate surface area is 110 Å². The van der Waals surface area contributed by atoms with Crippen molar-refractivity contribution >= 4 is 23.4 Å². The summed E-state index contributed by atoms with van der Waals surface area (Å²) in [5, 5.41) is 2.79. The third kappa shape index (κ3) is 2.96. The minimum absolute atomic E-state index is 0.0400. The van der Waals surface area contributed by atoms with Crippen molar-refractivity contribution < 1.29 is 9.18 Å². The number of carbonyl (C=O) groups is 1. The smallest absolute Gasteiger partial charge is 0.254 e. The van der Waals surface area contributed by atoms with Crippen LogP contribution < -0.4 is 11.1 Å². The highest BCUT2D eigenvalue weighted by Gasteiger charge is 2.19. The monoisotopic (exact) mass is 268 g/mol. The van der Waals surface area contributed by atoms with Crippen molar-refractivity contribution in [3.05, 3.63) is 29.1 Å². The van der Waals surface area contributed by atoms with E-state index in [-0.39, 0.29) is 11.5 Å². The van der Waals surface area contributed by atoms with Crippen LogP contribution >= 0.6 is 11.8 Å². The highest BCUT2D eigenvalue weighted by atomic mass is 32.2. The fraction of sp³-hybridized carbons (Fsp3) is 0.462. The van der Waals surface area contributed by atoms with Crippen molar-refractivity contribution in [3.8, 4) is 0 Å². The van der Waals surface area contributed by atoms with Crippen molar-refractivity contribution in [3.63, 3.8) is 0 Å². The number of anilines is 1. The molecular weight excluding hydrogens is 251 g/mol. The van der Waals surface area contributed by atoms with E-state index in [2.05, 4.69) is 5.32 Å². The lowest BCUT2D eigenvalue weighted by atomic mass is 10.1. The Morgan fingerprint density at radius 1 is 1.61 bits per heavy atom. The molecule has 1 saturated heterocycles. The molecule has 0 radical (unpaired) electrons. The summed E-state index contributed by atoms with van der Waals surface area (Å²) < 4.78 is 13.8. The number of amides is 1. The van der Waals surface area contributed by atoms with Gasteiger partial charge in [-0.05, 0) is 48.5 Å². The second-order valence-corrected chi connectivity index (χ2v) is 5.79. The number of nitrogens with two attached hydrogens (primary N) is 1. The number of hydrogen-bond acceptors (Lipinski definition) is 3. The summed E-state index contributed by atoms with van der Waals surface area (Å²) in [6.07, 6.45) is 1.11. The number of halogens is 1. The highest BCUT2D eigenvalue weighted by molar-refractivity contribution is 7.99. The topological polar surface area (TPSA) is 55.1 Å². The lowest BCUT2D eigenvalue weighted by Crippen LogP contribution is -2.30. The molecule has 5 heteroatoms. The Balaban J connectivity index is 2.04. The Kier molecular flexibility index (Phi) is 4.11. The van der Waals surface area contributed by atoms with E-state index >= 15 is 0 Å². The Morgan fingerprint density at radius 3 is 3.06 bits per heavy atom. The van der Waals surface area contributed by atoms with Crippen molar-refractivity contribution in [1.29, 1.82) is 0 Å². The Morgan fingerprint density at radius 2 is 2.39 bits per heavy atom. The summed E-state index contributed by atoms with van der Waals surface area (Å²) >= 11 is 1.89. The fourth-order valence-electron chi connectivity index (χ4n) is 2.04. The molecule has 1 aliphatic rings. The van der Waals surface area contributed by atoms with Crippen LogP contribution in [0.2, 0.25) is 0 Å². The van der Waals surface area contributed by atoms with E-state index in [4.69, 9.17) is 5.73 Å². The van der Waals surface area contributed by atoms with Gasteiger partial charge in [0.1, 0.15) is 5.82 Å². The van der Waals surface area contributed by atoms with E-state index in [0.29, 0.717) is 23.7 Å². The zero-order valence-electron chi connectivity index (χ0n) is 10.3. The molecule has 1 atom stereocenters. The first-order valence-electron chi connectivity index (χ1n) is 5.99. The van der Waals surface area contributed by atoms with Crippen LogP contribution in [0.5, 0.6) is 0 Å². The van der Waals surface area contributed by atoms with Gasteiger partial charge in [0, 0.05) is 12.2 Å². The quantitative estimate of drug-likeness (QED) is 0.826. The molecule has 1 aliphatic heterocycles. The molecule has 3 nitrogen and oxygen atoms in total. The number of thioether (sulfide) groups is 1. The third-order valence-corrected chi connectivity index (χ3v) is 4.33. The van der Waals surface area contributed by atoms with Gasteiger partial charge in [0.25, 0.3) is 5.91 Å². The van der Waals surface area contributed by atoms with Crippen LogP contribution in [0.1, 0.15) is 22.3 Å². The van der Waals surface area contributed by atoms with Crippen LogP contribution in [0, 0.1) is 18.7 Å². The summed E-state index contributed by atoms with van der Waals surface area (Å²) in [6, 6.07) is 2.92. The average Bonchev–Trinajstić information content (AvgIpc) is 2.83.